The summed E-state index contributed by atoms with van der Waals surface area (Å²) >= 11 is 0. The normalized spacial score (nSPS) is 12.1. The van der Waals surface area contributed by atoms with E-state index in [0.29, 0.717) is 11.4 Å². The second-order valence-corrected chi connectivity index (χ2v) is 3.51. The van der Waals surface area contributed by atoms with Crippen molar-refractivity contribution in [3.63, 3.8) is 0 Å². The van der Waals surface area contributed by atoms with Gasteiger partial charge in [-0.1, -0.05) is 0 Å². The van der Waals surface area contributed by atoms with Gasteiger partial charge >= 0.3 is 0 Å². The molecule has 0 spiro atoms. The first kappa shape index (κ1) is 11.1. The molecule has 7 heteroatoms. The molecule has 1 amide bonds. The van der Waals surface area contributed by atoms with E-state index in [4.69, 9.17) is 0 Å². The number of pyridine rings is 1. The predicted molar refractivity (Wildman–Crippen MR) is 59.3 cm³/mol. The molecule has 88 valence electrons. The molecule has 3 N–H and O–H groups in total. The average Bonchev–Trinajstić information content (AvgIpc) is 2.83. The van der Waals surface area contributed by atoms with Gasteiger partial charge in [0, 0.05) is 12.3 Å². The number of carbonyl (C=O) groups is 1. The Kier molecular flexibility index (Phi) is 2.99. The Hall–Kier alpha value is -2.44. The third-order valence-corrected chi connectivity index (χ3v) is 2.24. The summed E-state index contributed by atoms with van der Waals surface area (Å²) in [6, 6.07) is 2.48. The van der Waals surface area contributed by atoms with Gasteiger partial charge in [-0.05, 0) is 13.0 Å². The van der Waals surface area contributed by atoms with Crippen molar-refractivity contribution in [1.29, 1.82) is 0 Å². The maximum atomic E-state index is 11.8. The van der Waals surface area contributed by atoms with E-state index in [9.17, 15) is 9.59 Å². The number of hydrogen-bond donors (Lipinski definition) is 3. The third-order valence-electron chi connectivity index (χ3n) is 2.24. The van der Waals surface area contributed by atoms with Gasteiger partial charge in [0.05, 0.1) is 11.6 Å². The minimum atomic E-state index is -0.287. The summed E-state index contributed by atoms with van der Waals surface area (Å²) in [5, 5.41) is 9.09. The van der Waals surface area contributed by atoms with E-state index in [2.05, 4.69) is 25.5 Å². The molecule has 0 bridgehead atoms. The third kappa shape index (κ3) is 2.57. The van der Waals surface area contributed by atoms with Crippen LogP contribution < -0.4 is 10.9 Å². The number of rotatable bonds is 3. The van der Waals surface area contributed by atoms with Crippen LogP contribution in [0.4, 0.5) is 0 Å². The molecular weight excluding hydrogens is 222 g/mol. The Bertz CT molecular complexity index is 540. The fraction of sp³-hybridized carbons (Fsp3) is 0.200. The summed E-state index contributed by atoms with van der Waals surface area (Å²) < 4.78 is 0. The molecule has 1 atom stereocenters. The van der Waals surface area contributed by atoms with Crippen LogP contribution in [0.3, 0.4) is 0 Å². The molecule has 0 fully saturated rings. The van der Waals surface area contributed by atoms with Crippen molar-refractivity contribution in [2.24, 2.45) is 0 Å². The summed E-state index contributed by atoms with van der Waals surface area (Å²) in [6.45, 7) is 1.78. The van der Waals surface area contributed by atoms with E-state index in [0.717, 1.165) is 0 Å². The lowest BCUT2D eigenvalue weighted by Crippen LogP contribution is -2.27. The van der Waals surface area contributed by atoms with Gasteiger partial charge < -0.3 is 10.3 Å². The van der Waals surface area contributed by atoms with Gasteiger partial charge in [0.2, 0.25) is 5.56 Å². The van der Waals surface area contributed by atoms with Crippen molar-refractivity contribution in [3.05, 3.63) is 46.4 Å². The predicted octanol–water partition coefficient (Wildman–Crippen LogP) is -0.0160. The van der Waals surface area contributed by atoms with Crippen molar-refractivity contribution < 1.29 is 4.79 Å². The number of hydrogen-bond acceptors (Lipinski definition) is 4. The van der Waals surface area contributed by atoms with E-state index in [1.165, 1.54) is 24.7 Å². The zero-order valence-electron chi connectivity index (χ0n) is 9.10. The summed E-state index contributed by atoms with van der Waals surface area (Å²) in [5.41, 5.74) is 0.140. The minimum absolute atomic E-state index is 0.246. The first-order valence-electron chi connectivity index (χ1n) is 5.01. The lowest BCUT2D eigenvalue weighted by Gasteiger charge is -2.10. The van der Waals surface area contributed by atoms with Gasteiger partial charge in [-0.25, -0.2) is 4.98 Å². The fourth-order valence-corrected chi connectivity index (χ4v) is 1.32. The zero-order valence-corrected chi connectivity index (χ0v) is 9.10. The molecule has 2 aromatic heterocycles. The van der Waals surface area contributed by atoms with Gasteiger partial charge in [0.1, 0.15) is 12.2 Å². The van der Waals surface area contributed by atoms with E-state index >= 15 is 0 Å². The van der Waals surface area contributed by atoms with Crippen molar-refractivity contribution in [2.45, 2.75) is 13.0 Å². The van der Waals surface area contributed by atoms with Crippen molar-refractivity contribution in [2.75, 3.05) is 0 Å². The van der Waals surface area contributed by atoms with Gasteiger partial charge in [0.15, 0.2) is 0 Å². The molecule has 0 aromatic carbocycles. The number of nitrogens with one attached hydrogen (secondary N) is 3. The van der Waals surface area contributed by atoms with Crippen LogP contribution in [0.25, 0.3) is 0 Å². The number of aromatic amines is 2. The monoisotopic (exact) mass is 233 g/mol. The molecule has 0 aliphatic carbocycles. The van der Waals surface area contributed by atoms with Crippen LogP contribution in [0.5, 0.6) is 0 Å². The molecule has 1 unspecified atom stereocenters. The molecule has 0 aliphatic rings. The molecule has 17 heavy (non-hydrogen) atoms. The van der Waals surface area contributed by atoms with E-state index in [-0.39, 0.29) is 17.5 Å². The standard InChI is InChI=1S/C10H11N5O2/c1-6(9-12-5-13-15-9)14-10(17)7-2-3-8(16)11-4-7/h2-6H,1H3,(H,11,16)(H,14,17)(H,12,13,15). The minimum Gasteiger partial charge on any atom is -0.342 e. The van der Waals surface area contributed by atoms with Gasteiger partial charge in [0.25, 0.3) is 5.91 Å². The largest absolute Gasteiger partial charge is 0.342 e. The highest BCUT2D eigenvalue weighted by atomic mass is 16.2. The second kappa shape index (κ2) is 4.60. The van der Waals surface area contributed by atoms with Gasteiger partial charge in [-0.2, -0.15) is 5.10 Å². The molecule has 0 saturated heterocycles. The molecule has 7 nitrogen and oxygen atoms in total. The van der Waals surface area contributed by atoms with Crippen molar-refractivity contribution >= 4 is 5.91 Å². The maximum Gasteiger partial charge on any atom is 0.253 e. The molecule has 0 radical (unpaired) electrons. The lowest BCUT2D eigenvalue weighted by atomic mass is 10.2. The first-order valence-corrected chi connectivity index (χ1v) is 5.01. The topological polar surface area (TPSA) is 104 Å². The Morgan fingerprint density at radius 1 is 1.47 bits per heavy atom. The average molecular weight is 233 g/mol. The lowest BCUT2D eigenvalue weighted by molar-refractivity contribution is 0.0938. The van der Waals surface area contributed by atoms with Crippen molar-refractivity contribution in [3.8, 4) is 0 Å². The van der Waals surface area contributed by atoms with Gasteiger partial charge in [-0.15, -0.1) is 0 Å². The van der Waals surface area contributed by atoms with E-state index < -0.39 is 0 Å². The Balaban J connectivity index is 2.07. The first-order chi connectivity index (χ1) is 8.16. The number of carbonyl (C=O) groups excluding carboxylic acids is 1. The SMILES string of the molecule is CC(NC(=O)c1ccc(=O)[nH]c1)c1ncn[nH]1. The molecule has 2 heterocycles. The van der Waals surface area contributed by atoms with E-state index in [1.807, 2.05) is 0 Å². The van der Waals surface area contributed by atoms with Crippen LogP contribution >= 0.6 is 0 Å². The van der Waals surface area contributed by atoms with Crippen LogP contribution in [0.1, 0.15) is 29.1 Å². The Morgan fingerprint density at radius 2 is 2.29 bits per heavy atom. The number of nitrogens with zero attached hydrogens (tertiary/aromatic N) is 2. The summed E-state index contributed by atoms with van der Waals surface area (Å²) in [4.78, 5) is 29.0. The number of amides is 1. The number of aromatic nitrogens is 4. The second-order valence-electron chi connectivity index (χ2n) is 3.51. The summed E-state index contributed by atoms with van der Waals surface area (Å²) in [7, 11) is 0. The van der Waals surface area contributed by atoms with Crippen LogP contribution in [0.2, 0.25) is 0 Å². The maximum absolute atomic E-state index is 11.8. The van der Waals surface area contributed by atoms with Crippen LogP contribution in [-0.4, -0.2) is 26.1 Å². The number of H-pyrrole nitrogens is 2. The summed E-state index contributed by atoms with van der Waals surface area (Å²) in [6.07, 6.45) is 2.74. The van der Waals surface area contributed by atoms with E-state index in [1.54, 1.807) is 6.92 Å². The van der Waals surface area contributed by atoms with Crippen LogP contribution in [0.15, 0.2) is 29.5 Å². The molecule has 0 aliphatic heterocycles. The fourth-order valence-electron chi connectivity index (χ4n) is 1.32. The molecule has 0 saturated carbocycles. The molecule has 2 aromatic rings. The summed E-state index contributed by atoms with van der Waals surface area (Å²) in [5.74, 6) is 0.285. The Morgan fingerprint density at radius 3 is 2.88 bits per heavy atom. The highest BCUT2D eigenvalue weighted by Gasteiger charge is 2.13. The highest BCUT2D eigenvalue weighted by molar-refractivity contribution is 5.93. The quantitative estimate of drug-likeness (QED) is 0.693. The molecule has 2 rings (SSSR count). The Labute approximate surface area is 96.3 Å². The van der Waals surface area contributed by atoms with Crippen LogP contribution in [0, 0.1) is 0 Å². The van der Waals surface area contributed by atoms with Crippen molar-refractivity contribution in [1.82, 2.24) is 25.5 Å². The molecular formula is C10H11N5O2. The smallest absolute Gasteiger partial charge is 0.253 e. The zero-order chi connectivity index (χ0) is 12.3. The highest BCUT2D eigenvalue weighted by Crippen LogP contribution is 2.05. The van der Waals surface area contributed by atoms with Gasteiger partial charge in [-0.3, -0.25) is 14.7 Å². The van der Waals surface area contributed by atoms with Crippen LogP contribution in [-0.2, 0) is 0 Å².